The van der Waals surface area contributed by atoms with Crippen molar-refractivity contribution in [1.29, 1.82) is 0 Å². The van der Waals surface area contributed by atoms with Gasteiger partial charge in [0.2, 0.25) is 0 Å². The zero-order valence-corrected chi connectivity index (χ0v) is 12.4. The molecule has 1 heterocycles. The van der Waals surface area contributed by atoms with Crippen LogP contribution in [0.3, 0.4) is 0 Å². The Bertz CT molecular complexity index is 444. The average molecular weight is 298 g/mol. The van der Waals surface area contributed by atoms with Crippen LogP contribution in [0.2, 0.25) is 0 Å². The minimum absolute atomic E-state index is 0.140. The molecule has 108 valence electrons. The van der Waals surface area contributed by atoms with E-state index in [1.807, 2.05) is 0 Å². The highest BCUT2D eigenvalue weighted by molar-refractivity contribution is 7.91. The van der Waals surface area contributed by atoms with Crippen molar-refractivity contribution in [2.45, 2.75) is 6.42 Å². The van der Waals surface area contributed by atoms with Gasteiger partial charge in [0, 0.05) is 32.4 Å². The van der Waals surface area contributed by atoms with Gasteiger partial charge in [-0.2, -0.15) is 0 Å². The van der Waals surface area contributed by atoms with Gasteiger partial charge in [-0.3, -0.25) is 0 Å². The van der Waals surface area contributed by atoms with Gasteiger partial charge in [-0.25, -0.2) is 16.8 Å². The molecule has 0 saturated carbocycles. The van der Waals surface area contributed by atoms with Crippen molar-refractivity contribution in [3.63, 3.8) is 0 Å². The van der Waals surface area contributed by atoms with Crippen LogP contribution in [0.4, 0.5) is 0 Å². The first-order chi connectivity index (χ1) is 8.29. The van der Waals surface area contributed by atoms with Gasteiger partial charge in [-0.1, -0.05) is 0 Å². The van der Waals surface area contributed by atoms with E-state index in [9.17, 15) is 16.8 Å². The largest absolute Gasteiger partial charge is 0.314 e. The van der Waals surface area contributed by atoms with E-state index < -0.39 is 19.7 Å². The molecule has 6 nitrogen and oxygen atoms in total. The van der Waals surface area contributed by atoms with E-state index in [1.54, 1.807) is 0 Å². The number of sulfone groups is 2. The van der Waals surface area contributed by atoms with Crippen molar-refractivity contribution in [3.8, 4) is 0 Å². The molecular weight excluding hydrogens is 276 g/mol. The van der Waals surface area contributed by atoms with Gasteiger partial charge < -0.3 is 10.2 Å². The molecule has 0 atom stereocenters. The highest BCUT2D eigenvalue weighted by Gasteiger charge is 2.18. The molecule has 0 aromatic rings. The second kappa shape index (κ2) is 6.83. The summed E-state index contributed by atoms with van der Waals surface area (Å²) in [6, 6.07) is 0. The van der Waals surface area contributed by atoms with Crippen LogP contribution < -0.4 is 5.32 Å². The van der Waals surface area contributed by atoms with Crippen molar-refractivity contribution in [1.82, 2.24) is 10.2 Å². The summed E-state index contributed by atoms with van der Waals surface area (Å²) in [6.45, 7) is 3.28. The number of nitrogens with zero attached hydrogens (tertiary/aromatic N) is 1. The van der Waals surface area contributed by atoms with Crippen molar-refractivity contribution >= 4 is 19.7 Å². The summed E-state index contributed by atoms with van der Waals surface area (Å²) < 4.78 is 44.6. The molecule has 8 heteroatoms. The molecule has 18 heavy (non-hydrogen) atoms. The van der Waals surface area contributed by atoms with Gasteiger partial charge in [0.25, 0.3) is 0 Å². The molecular formula is C10H22N2O4S2. The number of hydrogen-bond acceptors (Lipinski definition) is 6. The molecule has 1 aliphatic rings. The van der Waals surface area contributed by atoms with Crippen LogP contribution in [0, 0.1) is 0 Å². The zero-order valence-electron chi connectivity index (χ0n) is 10.8. The Morgan fingerprint density at radius 3 is 2.56 bits per heavy atom. The summed E-state index contributed by atoms with van der Waals surface area (Å²) in [4.78, 5) is 2.11. The van der Waals surface area contributed by atoms with Crippen LogP contribution >= 0.6 is 0 Å². The normalized spacial score (nSPS) is 21.6. The van der Waals surface area contributed by atoms with Crippen molar-refractivity contribution < 1.29 is 16.8 Å². The smallest absolute Gasteiger partial charge is 0.151 e. The maximum atomic E-state index is 11.4. The van der Waals surface area contributed by atoms with E-state index in [-0.39, 0.29) is 17.3 Å². The second-order valence-corrected chi connectivity index (χ2v) is 9.29. The number of hydrogen-bond donors (Lipinski definition) is 1. The fraction of sp³-hybridized carbons (Fsp3) is 1.00. The summed E-state index contributed by atoms with van der Waals surface area (Å²) in [6.07, 6.45) is 1.90. The highest BCUT2D eigenvalue weighted by atomic mass is 32.2. The maximum absolute atomic E-state index is 11.4. The lowest BCUT2D eigenvalue weighted by molar-refractivity contribution is 0.295. The third kappa shape index (κ3) is 7.30. The van der Waals surface area contributed by atoms with Crippen molar-refractivity contribution in [2.75, 3.05) is 56.2 Å². The predicted octanol–water partition coefficient (Wildman–Crippen LogP) is -1.26. The molecule has 1 N–H and O–H groups in total. The Labute approximate surface area is 110 Å². The van der Waals surface area contributed by atoms with Crippen molar-refractivity contribution in [3.05, 3.63) is 0 Å². The first kappa shape index (κ1) is 15.9. The molecule has 0 spiro atoms. The Morgan fingerprint density at radius 1 is 1.17 bits per heavy atom. The fourth-order valence-electron chi connectivity index (χ4n) is 1.83. The molecule has 1 rings (SSSR count). The summed E-state index contributed by atoms with van der Waals surface area (Å²) in [5.41, 5.74) is 0. The fourth-order valence-corrected chi connectivity index (χ4v) is 3.66. The SMILES string of the molecule is CS(=O)(=O)CCNCCN1CCCS(=O)(=O)CC1. The Morgan fingerprint density at radius 2 is 1.89 bits per heavy atom. The number of rotatable bonds is 6. The number of nitrogens with one attached hydrogen (secondary N) is 1. The third-order valence-corrected chi connectivity index (χ3v) is 5.56. The molecule has 1 saturated heterocycles. The lowest BCUT2D eigenvalue weighted by Gasteiger charge is -2.19. The second-order valence-electron chi connectivity index (χ2n) is 4.73. The van der Waals surface area contributed by atoms with E-state index in [4.69, 9.17) is 0 Å². The molecule has 0 unspecified atom stereocenters. The van der Waals surface area contributed by atoms with Crippen LogP contribution in [0.25, 0.3) is 0 Å². The summed E-state index contributed by atoms with van der Waals surface area (Å²) in [5, 5.41) is 3.06. The van der Waals surface area contributed by atoms with Gasteiger partial charge in [0.05, 0.1) is 17.3 Å². The van der Waals surface area contributed by atoms with E-state index in [0.717, 1.165) is 13.1 Å². The first-order valence-electron chi connectivity index (χ1n) is 6.10. The van der Waals surface area contributed by atoms with E-state index in [1.165, 1.54) is 6.26 Å². The quantitative estimate of drug-likeness (QED) is 0.616. The molecule has 0 aliphatic carbocycles. The summed E-state index contributed by atoms with van der Waals surface area (Å²) in [7, 11) is -5.75. The summed E-state index contributed by atoms with van der Waals surface area (Å²) >= 11 is 0. The van der Waals surface area contributed by atoms with Crippen LogP contribution in [0.5, 0.6) is 0 Å². The minimum atomic E-state index is -2.91. The van der Waals surface area contributed by atoms with Crippen LogP contribution in [-0.2, 0) is 19.7 Å². The van der Waals surface area contributed by atoms with Crippen LogP contribution in [0.15, 0.2) is 0 Å². The van der Waals surface area contributed by atoms with E-state index in [0.29, 0.717) is 26.1 Å². The minimum Gasteiger partial charge on any atom is -0.314 e. The lowest BCUT2D eigenvalue weighted by Crippen LogP contribution is -2.35. The lowest BCUT2D eigenvalue weighted by atomic mass is 10.4. The topological polar surface area (TPSA) is 83.6 Å². The van der Waals surface area contributed by atoms with Crippen LogP contribution in [-0.4, -0.2) is 78.0 Å². The van der Waals surface area contributed by atoms with Gasteiger partial charge >= 0.3 is 0 Å². The predicted molar refractivity (Wildman–Crippen MR) is 72.3 cm³/mol. The van der Waals surface area contributed by atoms with E-state index >= 15 is 0 Å². The third-order valence-electron chi connectivity index (χ3n) is 2.90. The van der Waals surface area contributed by atoms with Gasteiger partial charge in [0.1, 0.15) is 9.84 Å². The zero-order chi connectivity index (χ0) is 13.6. The molecule has 0 aromatic heterocycles. The Kier molecular flexibility index (Phi) is 6.03. The monoisotopic (exact) mass is 298 g/mol. The van der Waals surface area contributed by atoms with Gasteiger partial charge in [-0.05, 0) is 13.0 Å². The molecule has 0 amide bonds. The Hall–Kier alpha value is -0.180. The van der Waals surface area contributed by atoms with Crippen LogP contribution in [0.1, 0.15) is 6.42 Å². The molecule has 1 aliphatic heterocycles. The molecule has 0 radical (unpaired) electrons. The van der Waals surface area contributed by atoms with Gasteiger partial charge in [0.15, 0.2) is 9.84 Å². The Balaban J connectivity index is 2.16. The van der Waals surface area contributed by atoms with E-state index in [2.05, 4.69) is 10.2 Å². The summed E-state index contributed by atoms with van der Waals surface area (Å²) in [5.74, 6) is 0.655. The highest BCUT2D eigenvalue weighted by Crippen LogP contribution is 2.03. The standard InChI is InChI=1S/C10H22N2O4S2/c1-17(13,14)9-4-11-3-6-12-5-2-8-18(15,16)10-7-12/h11H,2-10H2,1H3. The maximum Gasteiger partial charge on any atom is 0.151 e. The molecule has 0 aromatic carbocycles. The average Bonchev–Trinajstić information content (AvgIpc) is 2.38. The van der Waals surface area contributed by atoms with Crippen molar-refractivity contribution in [2.24, 2.45) is 0 Å². The van der Waals surface area contributed by atoms with Gasteiger partial charge in [-0.15, -0.1) is 0 Å². The molecule has 1 fully saturated rings. The molecule has 0 bridgehead atoms. The first-order valence-corrected chi connectivity index (χ1v) is 9.98.